The van der Waals surface area contributed by atoms with E-state index in [1.807, 2.05) is 34.9 Å². The maximum absolute atomic E-state index is 2.26. The zero-order valence-corrected chi connectivity index (χ0v) is 16.2. The summed E-state index contributed by atoms with van der Waals surface area (Å²) >= 11 is 5.84. The van der Waals surface area contributed by atoms with Gasteiger partial charge in [-0.05, 0) is 17.2 Å². The molecule has 0 saturated carbocycles. The van der Waals surface area contributed by atoms with E-state index in [4.69, 9.17) is 0 Å². The molecule has 0 N–H and O–H groups in total. The number of thiophene rings is 1. The van der Waals surface area contributed by atoms with Crippen molar-refractivity contribution in [3.63, 3.8) is 0 Å². The molecule has 0 aliphatic rings. The molecule has 0 nitrogen and oxygen atoms in total. The lowest BCUT2D eigenvalue weighted by molar-refractivity contribution is 1.35. The highest BCUT2D eigenvalue weighted by molar-refractivity contribution is 8.03. The minimum absolute atomic E-state index is 1.01. The van der Waals surface area contributed by atoms with Crippen LogP contribution < -0.4 is 0 Å². The molecule has 124 valence electrons. The zero-order chi connectivity index (χ0) is 16.9. The molecular weight excluding hydrogens is 360 g/mol. The van der Waals surface area contributed by atoms with E-state index in [1.54, 1.807) is 0 Å². The normalized spacial score (nSPS) is 11.0. The lowest BCUT2D eigenvalue weighted by Crippen LogP contribution is -1.81. The predicted molar refractivity (Wildman–Crippen MR) is 114 cm³/mol. The number of rotatable bonds is 6. The van der Waals surface area contributed by atoms with E-state index in [9.17, 15) is 0 Å². The molecule has 4 aromatic rings. The van der Waals surface area contributed by atoms with Crippen LogP contribution in [0, 0.1) is 0 Å². The van der Waals surface area contributed by atoms with Gasteiger partial charge in [0, 0.05) is 26.5 Å². The molecule has 0 amide bonds. The van der Waals surface area contributed by atoms with E-state index in [0.29, 0.717) is 0 Å². The number of thioether (sulfide) groups is 2. The van der Waals surface area contributed by atoms with Gasteiger partial charge in [-0.25, -0.2) is 0 Å². The van der Waals surface area contributed by atoms with Gasteiger partial charge in [-0.3, -0.25) is 0 Å². The monoisotopic (exact) mass is 378 g/mol. The fraction of sp³-hybridized carbons (Fsp3) is 0.0909. The summed E-state index contributed by atoms with van der Waals surface area (Å²) in [5, 5.41) is 1.39. The van der Waals surface area contributed by atoms with Crippen molar-refractivity contribution in [3.05, 3.63) is 96.1 Å². The van der Waals surface area contributed by atoms with Crippen LogP contribution >= 0.6 is 34.9 Å². The first-order valence-corrected chi connectivity index (χ1v) is 11.0. The molecule has 3 aromatic carbocycles. The first-order chi connectivity index (χ1) is 12.4. The number of hydrogen-bond donors (Lipinski definition) is 0. The van der Waals surface area contributed by atoms with Crippen molar-refractivity contribution >= 4 is 44.9 Å². The first kappa shape index (κ1) is 16.8. The Morgan fingerprint density at radius 3 is 1.84 bits per heavy atom. The Morgan fingerprint density at radius 2 is 1.16 bits per heavy atom. The lowest BCUT2D eigenvalue weighted by atomic mass is 10.2. The van der Waals surface area contributed by atoms with Gasteiger partial charge in [0.25, 0.3) is 0 Å². The maximum atomic E-state index is 2.26. The number of fused-ring (bicyclic) bond motifs is 1. The van der Waals surface area contributed by atoms with Crippen molar-refractivity contribution in [2.75, 3.05) is 0 Å². The van der Waals surface area contributed by atoms with Crippen molar-refractivity contribution in [1.29, 1.82) is 0 Å². The third-order valence-electron chi connectivity index (χ3n) is 3.96. The summed E-state index contributed by atoms with van der Waals surface area (Å²) in [4.78, 5) is 1.44. The van der Waals surface area contributed by atoms with Gasteiger partial charge in [-0.15, -0.1) is 34.9 Å². The molecule has 0 radical (unpaired) electrons. The second-order valence-electron chi connectivity index (χ2n) is 5.76. The number of benzene rings is 3. The summed E-state index contributed by atoms with van der Waals surface area (Å²) in [5.74, 6) is 2.03. The van der Waals surface area contributed by atoms with Crippen LogP contribution in [0.1, 0.15) is 11.1 Å². The second-order valence-corrected chi connectivity index (χ2v) is 9.05. The Kier molecular flexibility index (Phi) is 5.46. The Morgan fingerprint density at radius 1 is 0.600 bits per heavy atom. The fourth-order valence-electron chi connectivity index (χ4n) is 2.68. The number of hydrogen-bond acceptors (Lipinski definition) is 3. The van der Waals surface area contributed by atoms with Gasteiger partial charge in [0.2, 0.25) is 0 Å². The lowest BCUT2D eigenvalue weighted by Gasteiger charge is -2.05. The molecule has 0 fully saturated rings. The Labute approximate surface area is 161 Å². The third-order valence-corrected chi connectivity index (χ3v) is 7.92. The molecule has 0 bridgehead atoms. The summed E-state index contributed by atoms with van der Waals surface area (Å²) in [6.45, 7) is 0. The Bertz CT molecular complexity index is 943. The largest absolute Gasteiger partial charge is 0.128 e. The van der Waals surface area contributed by atoms with Crippen LogP contribution in [0.15, 0.2) is 94.0 Å². The van der Waals surface area contributed by atoms with Gasteiger partial charge in [0.1, 0.15) is 0 Å². The van der Waals surface area contributed by atoms with Gasteiger partial charge in [-0.2, -0.15) is 0 Å². The molecule has 4 rings (SSSR count). The quantitative estimate of drug-likeness (QED) is 0.319. The average Bonchev–Trinajstić information content (AvgIpc) is 3.04. The van der Waals surface area contributed by atoms with Crippen LogP contribution in [0.5, 0.6) is 0 Å². The van der Waals surface area contributed by atoms with Gasteiger partial charge in [0.15, 0.2) is 0 Å². The smallest absolute Gasteiger partial charge is 0.0750 e. The van der Waals surface area contributed by atoms with E-state index in [2.05, 4.69) is 84.9 Å². The van der Waals surface area contributed by atoms with Crippen molar-refractivity contribution in [2.24, 2.45) is 0 Å². The topological polar surface area (TPSA) is 0 Å². The van der Waals surface area contributed by atoms with E-state index in [0.717, 1.165) is 11.5 Å². The molecule has 3 heteroatoms. The minimum Gasteiger partial charge on any atom is -0.128 e. The predicted octanol–water partition coefficient (Wildman–Crippen LogP) is 7.49. The van der Waals surface area contributed by atoms with Crippen LogP contribution in [0.4, 0.5) is 0 Å². The van der Waals surface area contributed by atoms with E-state index in [-0.39, 0.29) is 0 Å². The molecule has 1 aromatic heterocycles. The minimum atomic E-state index is 1.01. The average molecular weight is 379 g/mol. The molecule has 0 aliphatic carbocycles. The third kappa shape index (κ3) is 4.12. The molecule has 0 aliphatic heterocycles. The Balaban J connectivity index is 1.59. The molecule has 1 heterocycles. The van der Waals surface area contributed by atoms with Crippen LogP contribution in [0.3, 0.4) is 0 Å². The second kappa shape index (κ2) is 8.13. The van der Waals surface area contributed by atoms with Gasteiger partial charge < -0.3 is 0 Å². The maximum Gasteiger partial charge on any atom is 0.0750 e. The molecule has 0 unspecified atom stereocenters. The summed E-state index contributed by atoms with van der Waals surface area (Å²) in [6.07, 6.45) is 0. The summed E-state index contributed by atoms with van der Waals surface area (Å²) in [7, 11) is 0. The van der Waals surface area contributed by atoms with Crippen molar-refractivity contribution < 1.29 is 0 Å². The van der Waals surface area contributed by atoms with Gasteiger partial charge in [-0.1, -0.05) is 78.9 Å². The fourth-order valence-corrected chi connectivity index (χ4v) is 6.60. The van der Waals surface area contributed by atoms with Gasteiger partial charge >= 0.3 is 0 Å². The van der Waals surface area contributed by atoms with E-state index < -0.39 is 0 Å². The van der Waals surface area contributed by atoms with Gasteiger partial charge in [0.05, 0.1) is 4.21 Å². The van der Waals surface area contributed by atoms with Crippen LogP contribution in [-0.4, -0.2) is 0 Å². The molecule has 0 spiro atoms. The SMILES string of the molecule is c1ccc(CSc2sc3ccccc3c2SCc2ccccc2)cc1. The molecule has 25 heavy (non-hydrogen) atoms. The molecule has 0 atom stereocenters. The van der Waals surface area contributed by atoms with Crippen LogP contribution in [0.2, 0.25) is 0 Å². The van der Waals surface area contributed by atoms with E-state index >= 15 is 0 Å². The zero-order valence-electron chi connectivity index (χ0n) is 13.7. The van der Waals surface area contributed by atoms with Crippen molar-refractivity contribution in [2.45, 2.75) is 20.6 Å². The van der Waals surface area contributed by atoms with Crippen molar-refractivity contribution in [1.82, 2.24) is 0 Å². The van der Waals surface area contributed by atoms with Crippen LogP contribution in [0.25, 0.3) is 10.1 Å². The highest BCUT2D eigenvalue weighted by atomic mass is 32.2. The highest BCUT2D eigenvalue weighted by Crippen LogP contribution is 2.45. The molecule has 0 saturated heterocycles. The summed E-state index contributed by atoms with van der Waals surface area (Å²) in [6, 6.07) is 30.2. The first-order valence-electron chi connectivity index (χ1n) is 8.25. The Hall–Kier alpha value is -1.68. The molecular formula is C22H18S3. The van der Waals surface area contributed by atoms with Crippen LogP contribution in [-0.2, 0) is 11.5 Å². The summed E-state index contributed by atoms with van der Waals surface area (Å²) in [5.41, 5.74) is 2.76. The highest BCUT2D eigenvalue weighted by Gasteiger charge is 2.13. The van der Waals surface area contributed by atoms with E-state index in [1.165, 1.54) is 30.3 Å². The summed E-state index contributed by atoms with van der Waals surface area (Å²) < 4.78 is 2.82. The standard InChI is InChI=1S/C22H18S3/c1-3-9-17(10-4-1)15-23-21-19-13-7-8-14-20(19)25-22(21)24-16-18-11-5-2-6-12-18/h1-14H,15-16H2. The van der Waals surface area contributed by atoms with Crippen molar-refractivity contribution in [3.8, 4) is 0 Å².